The molecule has 0 aromatic carbocycles. The molecule has 15 heavy (non-hydrogen) atoms. The molecular formula is C11H18N2O2. The van der Waals surface area contributed by atoms with Crippen LogP contribution >= 0.6 is 0 Å². The fourth-order valence-electron chi connectivity index (χ4n) is 1.59. The molecule has 0 bridgehead atoms. The lowest BCUT2D eigenvalue weighted by Crippen LogP contribution is -2.38. The number of ether oxygens (including phenoxy) is 1. The number of rotatable bonds is 5. The number of allylic oxidation sites excluding steroid dienone is 1. The molecule has 2 N–H and O–H groups in total. The molecule has 1 atom stereocenters. The molecule has 1 amide bonds. The van der Waals surface area contributed by atoms with Crippen LogP contribution in [0, 0.1) is 0 Å². The molecule has 1 aliphatic heterocycles. The van der Waals surface area contributed by atoms with Crippen molar-refractivity contribution >= 4 is 5.91 Å². The number of carbonyl (C=O) groups is 1. The van der Waals surface area contributed by atoms with Gasteiger partial charge in [-0.3, -0.25) is 4.79 Å². The Morgan fingerprint density at radius 3 is 2.93 bits per heavy atom. The number of carbonyl (C=O) groups excluding carboxylic acids is 1. The third-order valence-electron chi connectivity index (χ3n) is 2.62. The van der Waals surface area contributed by atoms with Crippen LogP contribution in [-0.4, -0.2) is 31.1 Å². The molecule has 1 heterocycles. The highest BCUT2D eigenvalue weighted by Gasteiger charge is 2.22. The highest BCUT2D eigenvalue weighted by Crippen LogP contribution is 2.18. The Kier molecular flexibility index (Phi) is 3.61. The molecule has 1 saturated carbocycles. The average molecular weight is 210 g/mol. The molecule has 1 fully saturated rings. The van der Waals surface area contributed by atoms with Gasteiger partial charge in [0, 0.05) is 12.6 Å². The molecule has 0 aromatic heterocycles. The number of hydrogen-bond donors (Lipinski definition) is 2. The maximum absolute atomic E-state index is 11.3. The van der Waals surface area contributed by atoms with Crippen LogP contribution in [0.1, 0.15) is 25.7 Å². The standard InChI is InChI=1S/C11H18N2O2/c14-11(13-9-4-5-9)8-12-7-10-3-1-2-6-15-10/h2,6,9-10,12H,1,3-5,7-8H2,(H,13,14). The van der Waals surface area contributed by atoms with Crippen molar-refractivity contribution in [3.05, 3.63) is 12.3 Å². The fourth-order valence-corrected chi connectivity index (χ4v) is 1.59. The van der Waals surface area contributed by atoms with Crippen molar-refractivity contribution in [2.75, 3.05) is 13.1 Å². The average Bonchev–Trinajstić information content (AvgIpc) is 3.03. The third-order valence-corrected chi connectivity index (χ3v) is 2.62. The molecule has 0 radical (unpaired) electrons. The summed E-state index contributed by atoms with van der Waals surface area (Å²) < 4.78 is 5.38. The van der Waals surface area contributed by atoms with Gasteiger partial charge in [-0.05, 0) is 31.8 Å². The summed E-state index contributed by atoms with van der Waals surface area (Å²) in [5, 5.41) is 6.05. The van der Waals surface area contributed by atoms with E-state index in [1.807, 2.05) is 6.08 Å². The molecule has 1 unspecified atom stereocenters. The first-order valence-corrected chi connectivity index (χ1v) is 5.65. The van der Waals surface area contributed by atoms with E-state index in [1.54, 1.807) is 6.26 Å². The first-order valence-electron chi connectivity index (χ1n) is 5.65. The van der Waals surface area contributed by atoms with Crippen LogP contribution in [0.2, 0.25) is 0 Å². The van der Waals surface area contributed by atoms with E-state index in [1.165, 1.54) is 0 Å². The smallest absolute Gasteiger partial charge is 0.234 e. The van der Waals surface area contributed by atoms with Crippen molar-refractivity contribution < 1.29 is 9.53 Å². The number of hydrogen-bond acceptors (Lipinski definition) is 3. The lowest BCUT2D eigenvalue weighted by Gasteiger charge is -2.19. The molecular weight excluding hydrogens is 192 g/mol. The van der Waals surface area contributed by atoms with Crippen LogP contribution in [0.25, 0.3) is 0 Å². The van der Waals surface area contributed by atoms with Crippen molar-refractivity contribution in [1.82, 2.24) is 10.6 Å². The summed E-state index contributed by atoms with van der Waals surface area (Å²) in [5.41, 5.74) is 0. The minimum absolute atomic E-state index is 0.101. The maximum atomic E-state index is 11.3. The Morgan fingerprint density at radius 1 is 1.40 bits per heavy atom. The fraction of sp³-hybridized carbons (Fsp3) is 0.727. The molecule has 2 aliphatic rings. The molecule has 0 aromatic rings. The molecule has 1 aliphatic carbocycles. The Labute approximate surface area is 90.1 Å². The van der Waals surface area contributed by atoms with Crippen molar-refractivity contribution in [2.45, 2.75) is 37.8 Å². The van der Waals surface area contributed by atoms with Crippen molar-refractivity contribution in [1.29, 1.82) is 0 Å². The highest BCUT2D eigenvalue weighted by molar-refractivity contribution is 5.78. The zero-order valence-corrected chi connectivity index (χ0v) is 8.87. The Hall–Kier alpha value is -1.03. The van der Waals surface area contributed by atoms with E-state index >= 15 is 0 Å². The minimum Gasteiger partial charge on any atom is -0.497 e. The molecule has 84 valence electrons. The van der Waals surface area contributed by atoms with Gasteiger partial charge in [0.25, 0.3) is 0 Å². The zero-order valence-electron chi connectivity index (χ0n) is 8.87. The Balaban J connectivity index is 1.53. The third kappa shape index (κ3) is 3.91. The van der Waals surface area contributed by atoms with Gasteiger partial charge in [0.1, 0.15) is 6.10 Å². The van der Waals surface area contributed by atoms with Crippen molar-refractivity contribution in [2.24, 2.45) is 0 Å². The van der Waals surface area contributed by atoms with Gasteiger partial charge in [-0.1, -0.05) is 0 Å². The normalized spacial score (nSPS) is 24.7. The van der Waals surface area contributed by atoms with Crippen LogP contribution < -0.4 is 10.6 Å². The summed E-state index contributed by atoms with van der Waals surface area (Å²) in [5.74, 6) is 0.101. The van der Waals surface area contributed by atoms with E-state index in [0.717, 1.165) is 32.2 Å². The Morgan fingerprint density at radius 2 is 2.27 bits per heavy atom. The van der Waals surface area contributed by atoms with Crippen LogP contribution in [0.5, 0.6) is 0 Å². The van der Waals surface area contributed by atoms with E-state index in [-0.39, 0.29) is 12.0 Å². The predicted molar refractivity (Wildman–Crippen MR) is 57.3 cm³/mol. The lowest BCUT2D eigenvalue weighted by molar-refractivity contribution is -0.120. The zero-order chi connectivity index (χ0) is 10.5. The summed E-state index contributed by atoms with van der Waals surface area (Å²) in [6.45, 7) is 1.16. The van der Waals surface area contributed by atoms with Crippen LogP contribution in [0.15, 0.2) is 12.3 Å². The summed E-state index contributed by atoms with van der Waals surface area (Å²) in [6, 6.07) is 0.452. The first kappa shape index (κ1) is 10.5. The van der Waals surface area contributed by atoms with Crippen LogP contribution in [-0.2, 0) is 9.53 Å². The summed E-state index contributed by atoms with van der Waals surface area (Å²) in [4.78, 5) is 11.3. The molecule has 0 spiro atoms. The summed E-state index contributed by atoms with van der Waals surface area (Å²) >= 11 is 0. The van der Waals surface area contributed by atoms with Gasteiger partial charge in [-0.25, -0.2) is 0 Å². The summed E-state index contributed by atoms with van der Waals surface area (Å²) in [6.07, 6.45) is 8.39. The van der Waals surface area contributed by atoms with Gasteiger partial charge in [0.05, 0.1) is 12.8 Å². The van der Waals surface area contributed by atoms with Gasteiger partial charge in [0.15, 0.2) is 0 Å². The molecule has 4 heteroatoms. The predicted octanol–water partition coefficient (Wildman–Crippen LogP) is 0.547. The van der Waals surface area contributed by atoms with Crippen molar-refractivity contribution in [3.8, 4) is 0 Å². The van der Waals surface area contributed by atoms with Gasteiger partial charge in [-0.15, -0.1) is 0 Å². The SMILES string of the molecule is O=C(CNCC1CCC=CO1)NC1CC1. The van der Waals surface area contributed by atoms with Gasteiger partial charge >= 0.3 is 0 Å². The number of amides is 1. The van der Waals surface area contributed by atoms with Crippen LogP contribution in [0.4, 0.5) is 0 Å². The quantitative estimate of drug-likeness (QED) is 0.696. The molecule has 4 nitrogen and oxygen atoms in total. The maximum Gasteiger partial charge on any atom is 0.234 e. The second-order valence-electron chi connectivity index (χ2n) is 4.18. The van der Waals surface area contributed by atoms with Gasteiger partial charge in [-0.2, -0.15) is 0 Å². The number of nitrogens with one attached hydrogen (secondary N) is 2. The van der Waals surface area contributed by atoms with Gasteiger partial charge in [0.2, 0.25) is 5.91 Å². The van der Waals surface area contributed by atoms with E-state index in [4.69, 9.17) is 4.74 Å². The second-order valence-corrected chi connectivity index (χ2v) is 4.18. The molecule has 2 rings (SSSR count). The lowest BCUT2D eigenvalue weighted by atomic mass is 10.1. The molecule has 0 saturated heterocycles. The monoisotopic (exact) mass is 210 g/mol. The van der Waals surface area contributed by atoms with E-state index < -0.39 is 0 Å². The second kappa shape index (κ2) is 5.16. The van der Waals surface area contributed by atoms with E-state index in [2.05, 4.69) is 10.6 Å². The van der Waals surface area contributed by atoms with Crippen molar-refractivity contribution in [3.63, 3.8) is 0 Å². The highest BCUT2D eigenvalue weighted by atomic mass is 16.5. The summed E-state index contributed by atoms with van der Waals surface area (Å²) in [7, 11) is 0. The minimum atomic E-state index is 0.101. The van der Waals surface area contributed by atoms with Crippen LogP contribution in [0.3, 0.4) is 0 Å². The van der Waals surface area contributed by atoms with Gasteiger partial charge < -0.3 is 15.4 Å². The first-order chi connectivity index (χ1) is 7.34. The van der Waals surface area contributed by atoms with E-state index in [0.29, 0.717) is 12.6 Å². The largest absolute Gasteiger partial charge is 0.497 e. The van der Waals surface area contributed by atoms with E-state index in [9.17, 15) is 4.79 Å². The Bertz CT molecular complexity index is 249. The topological polar surface area (TPSA) is 50.4 Å².